The molecule has 1 unspecified atom stereocenters. The molecule has 0 aliphatic carbocycles. The van der Waals surface area contributed by atoms with Gasteiger partial charge in [0.05, 0.1) is 0 Å². The van der Waals surface area contributed by atoms with E-state index in [0.717, 1.165) is 19.6 Å². The van der Waals surface area contributed by atoms with Crippen LogP contribution in [0.1, 0.15) is 26.3 Å². The lowest BCUT2D eigenvalue weighted by atomic mass is 9.99. The van der Waals surface area contributed by atoms with Crippen LogP contribution in [-0.2, 0) is 6.54 Å². The maximum atomic E-state index is 4.17. The third-order valence-electron chi connectivity index (χ3n) is 3.21. The quantitative estimate of drug-likeness (QED) is 0.820. The number of aromatic nitrogens is 1. The van der Waals surface area contributed by atoms with Gasteiger partial charge in [-0.3, -0.25) is 9.88 Å². The van der Waals surface area contributed by atoms with Crippen molar-refractivity contribution in [2.24, 2.45) is 0 Å². The molecule has 0 radical (unpaired) electrons. The molecule has 2 rings (SSSR count). The summed E-state index contributed by atoms with van der Waals surface area (Å²) in [6, 6.07) is 4.75. The fourth-order valence-corrected chi connectivity index (χ4v) is 2.21. The van der Waals surface area contributed by atoms with Gasteiger partial charge in [-0.15, -0.1) is 0 Å². The van der Waals surface area contributed by atoms with E-state index in [1.165, 1.54) is 5.56 Å². The van der Waals surface area contributed by atoms with Crippen molar-refractivity contribution >= 4 is 0 Å². The molecule has 0 spiro atoms. The normalized spacial score (nSPS) is 25.6. The van der Waals surface area contributed by atoms with Crippen LogP contribution in [0.15, 0.2) is 24.5 Å². The smallest absolute Gasteiger partial charge is 0.0312 e. The zero-order chi connectivity index (χ0) is 11.6. The maximum absolute atomic E-state index is 4.17. The van der Waals surface area contributed by atoms with E-state index in [0.29, 0.717) is 6.04 Å². The van der Waals surface area contributed by atoms with Gasteiger partial charge in [0.25, 0.3) is 0 Å². The van der Waals surface area contributed by atoms with Gasteiger partial charge >= 0.3 is 0 Å². The first-order chi connectivity index (χ1) is 7.57. The predicted molar refractivity (Wildman–Crippen MR) is 66.2 cm³/mol. The van der Waals surface area contributed by atoms with Crippen molar-refractivity contribution in [3.8, 4) is 0 Å². The minimum absolute atomic E-state index is 0.217. The number of nitrogens with one attached hydrogen (secondary N) is 1. The lowest BCUT2D eigenvalue weighted by molar-refractivity contribution is 0.0977. The lowest BCUT2D eigenvalue weighted by Crippen LogP contribution is -2.60. The Balaban J connectivity index is 2.03. The largest absolute Gasteiger partial charge is 0.309 e. The van der Waals surface area contributed by atoms with E-state index in [-0.39, 0.29) is 5.54 Å². The van der Waals surface area contributed by atoms with Crippen molar-refractivity contribution in [1.82, 2.24) is 15.2 Å². The Hall–Kier alpha value is -0.930. The number of hydrogen-bond acceptors (Lipinski definition) is 3. The van der Waals surface area contributed by atoms with Crippen LogP contribution in [0, 0.1) is 0 Å². The predicted octanol–water partition coefficient (Wildman–Crippen LogP) is 1.65. The fraction of sp³-hybridized carbons (Fsp3) is 0.615. The van der Waals surface area contributed by atoms with E-state index in [1.807, 2.05) is 18.5 Å². The van der Waals surface area contributed by atoms with Gasteiger partial charge in [-0.05, 0) is 32.4 Å². The van der Waals surface area contributed by atoms with Crippen LogP contribution in [0.4, 0.5) is 0 Å². The molecule has 3 heteroatoms. The van der Waals surface area contributed by atoms with Crippen LogP contribution in [0.3, 0.4) is 0 Å². The van der Waals surface area contributed by atoms with Gasteiger partial charge in [-0.1, -0.05) is 6.07 Å². The second-order valence-corrected chi connectivity index (χ2v) is 5.38. The van der Waals surface area contributed by atoms with Gasteiger partial charge in [-0.2, -0.15) is 0 Å². The summed E-state index contributed by atoms with van der Waals surface area (Å²) in [5.41, 5.74) is 1.52. The SMILES string of the molecule is CC1CNC(C)(C)CN1Cc1cccnc1. The second-order valence-electron chi connectivity index (χ2n) is 5.38. The van der Waals surface area contributed by atoms with Crippen LogP contribution in [0.25, 0.3) is 0 Å². The molecule has 1 aromatic rings. The van der Waals surface area contributed by atoms with E-state index in [1.54, 1.807) is 0 Å². The fourth-order valence-electron chi connectivity index (χ4n) is 2.21. The minimum atomic E-state index is 0.217. The van der Waals surface area contributed by atoms with Crippen LogP contribution in [0.2, 0.25) is 0 Å². The molecular weight excluding hydrogens is 198 g/mol. The van der Waals surface area contributed by atoms with Crippen LogP contribution < -0.4 is 5.32 Å². The van der Waals surface area contributed by atoms with Crippen LogP contribution in [0.5, 0.6) is 0 Å². The Morgan fingerprint density at radius 2 is 2.38 bits per heavy atom. The number of hydrogen-bond donors (Lipinski definition) is 1. The van der Waals surface area contributed by atoms with Crippen molar-refractivity contribution in [1.29, 1.82) is 0 Å². The third-order valence-corrected chi connectivity index (χ3v) is 3.21. The highest BCUT2D eigenvalue weighted by Crippen LogP contribution is 2.17. The molecule has 0 saturated carbocycles. The molecule has 16 heavy (non-hydrogen) atoms. The first kappa shape index (κ1) is 11.6. The highest BCUT2D eigenvalue weighted by molar-refractivity contribution is 5.09. The van der Waals surface area contributed by atoms with Crippen LogP contribution in [-0.4, -0.2) is 34.6 Å². The van der Waals surface area contributed by atoms with E-state index in [2.05, 4.69) is 42.0 Å². The maximum Gasteiger partial charge on any atom is 0.0312 e. The summed E-state index contributed by atoms with van der Waals surface area (Å²) in [4.78, 5) is 6.69. The Kier molecular flexibility index (Phi) is 3.26. The van der Waals surface area contributed by atoms with Crippen molar-refractivity contribution in [3.05, 3.63) is 30.1 Å². The first-order valence-corrected chi connectivity index (χ1v) is 5.95. The zero-order valence-corrected chi connectivity index (χ0v) is 10.4. The van der Waals surface area contributed by atoms with E-state index in [9.17, 15) is 0 Å². The van der Waals surface area contributed by atoms with Crippen molar-refractivity contribution in [2.75, 3.05) is 13.1 Å². The van der Waals surface area contributed by atoms with Gasteiger partial charge in [0, 0.05) is 43.6 Å². The van der Waals surface area contributed by atoms with E-state index < -0.39 is 0 Å². The molecule has 1 aliphatic heterocycles. The van der Waals surface area contributed by atoms with Gasteiger partial charge in [-0.25, -0.2) is 0 Å². The minimum Gasteiger partial charge on any atom is -0.309 e. The molecule has 0 amide bonds. The molecular formula is C13H21N3. The number of nitrogens with zero attached hydrogens (tertiary/aromatic N) is 2. The average Bonchev–Trinajstić information content (AvgIpc) is 2.25. The Bertz CT molecular complexity index is 334. The summed E-state index contributed by atoms with van der Waals surface area (Å²) in [5, 5.41) is 3.57. The highest BCUT2D eigenvalue weighted by Gasteiger charge is 2.29. The van der Waals surface area contributed by atoms with Crippen molar-refractivity contribution in [3.63, 3.8) is 0 Å². The summed E-state index contributed by atoms with van der Waals surface area (Å²) >= 11 is 0. The number of pyridine rings is 1. The first-order valence-electron chi connectivity index (χ1n) is 5.95. The highest BCUT2D eigenvalue weighted by atomic mass is 15.2. The van der Waals surface area contributed by atoms with Gasteiger partial charge < -0.3 is 5.32 Å². The topological polar surface area (TPSA) is 28.2 Å². The molecule has 1 aromatic heterocycles. The molecule has 2 heterocycles. The summed E-state index contributed by atoms with van der Waals surface area (Å²) in [6.07, 6.45) is 3.79. The monoisotopic (exact) mass is 219 g/mol. The number of rotatable bonds is 2. The summed E-state index contributed by atoms with van der Waals surface area (Å²) in [7, 11) is 0. The van der Waals surface area contributed by atoms with Crippen molar-refractivity contribution < 1.29 is 0 Å². The molecule has 1 fully saturated rings. The summed E-state index contributed by atoms with van der Waals surface area (Å²) in [6.45, 7) is 9.94. The van der Waals surface area contributed by atoms with Gasteiger partial charge in [0.15, 0.2) is 0 Å². The second kappa shape index (κ2) is 4.52. The summed E-state index contributed by atoms with van der Waals surface area (Å²) < 4.78 is 0. The lowest BCUT2D eigenvalue weighted by Gasteiger charge is -2.43. The zero-order valence-electron chi connectivity index (χ0n) is 10.4. The third kappa shape index (κ3) is 2.80. The van der Waals surface area contributed by atoms with Gasteiger partial charge in [0.1, 0.15) is 0 Å². The Morgan fingerprint density at radius 3 is 3.06 bits per heavy atom. The molecule has 0 aromatic carbocycles. The molecule has 1 saturated heterocycles. The average molecular weight is 219 g/mol. The van der Waals surface area contributed by atoms with Gasteiger partial charge in [0.2, 0.25) is 0 Å². The van der Waals surface area contributed by atoms with E-state index in [4.69, 9.17) is 0 Å². The standard InChI is InChI=1S/C13H21N3/c1-11-7-15-13(2,3)10-16(11)9-12-5-4-6-14-8-12/h4-6,8,11,15H,7,9-10H2,1-3H3. The molecule has 1 aliphatic rings. The Morgan fingerprint density at radius 1 is 1.56 bits per heavy atom. The number of piperazine rings is 1. The van der Waals surface area contributed by atoms with Crippen LogP contribution >= 0.6 is 0 Å². The molecule has 1 atom stereocenters. The van der Waals surface area contributed by atoms with Crippen molar-refractivity contribution in [2.45, 2.75) is 38.9 Å². The summed E-state index contributed by atoms with van der Waals surface area (Å²) in [5.74, 6) is 0. The molecule has 1 N–H and O–H groups in total. The molecule has 88 valence electrons. The Labute approximate surface area is 97.9 Å². The molecule has 0 bridgehead atoms. The molecule has 3 nitrogen and oxygen atoms in total. The van der Waals surface area contributed by atoms with E-state index >= 15 is 0 Å².